The summed E-state index contributed by atoms with van der Waals surface area (Å²) in [6.07, 6.45) is -3.01. The van der Waals surface area contributed by atoms with Crippen LogP contribution in [0.5, 0.6) is 5.75 Å². The van der Waals surface area contributed by atoms with Crippen molar-refractivity contribution in [2.75, 3.05) is 5.73 Å². The Balaban J connectivity index is 3.52. The second-order valence-electron chi connectivity index (χ2n) is 2.53. The first-order valence-corrected chi connectivity index (χ1v) is 5.76. The molecule has 9 heteroatoms. The fourth-order valence-corrected chi connectivity index (χ4v) is 1.72. The van der Waals surface area contributed by atoms with Gasteiger partial charge in [-0.1, -0.05) is 0 Å². The monoisotopic (exact) mass is 258 g/mol. The predicted octanol–water partition coefficient (Wildman–Crippen LogP) is 1.23. The average molecular weight is 259 g/mol. The maximum atomic E-state index is 12.2. The molecular weight excluding hydrogens is 254 g/mol. The lowest BCUT2D eigenvalue weighted by molar-refractivity contribution is 0.145. The van der Waals surface area contributed by atoms with Crippen molar-refractivity contribution in [3.05, 3.63) is 11.8 Å². The SMILES string of the molecule is Nc1cc(C(F)F)nc(S(=O)(=O)Cl)c1O. The first-order valence-electron chi connectivity index (χ1n) is 3.45. The number of rotatable bonds is 2. The van der Waals surface area contributed by atoms with Gasteiger partial charge in [-0.25, -0.2) is 22.2 Å². The number of anilines is 1. The molecule has 5 nitrogen and oxygen atoms in total. The topological polar surface area (TPSA) is 93.3 Å². The first-order chi connectivity index (χ1) is 6.73. The number of halogens is 3. The van der Waals surface area contributed by atoms with Gasteiger partial charge in [-0.15, -0.1) is 0 Å². The number of alkyl halides is 2. The van der Waals surface area contributed by atoms with E-state index in [0.717, 1.165) is 0 Å². The maximum Gasteiger partial charge on any atom is 0.282 e. The second kappa shape index (κ2) is 3.78. The molecule has 0 bridgehead atoms. The molecule has 3 N–H and O–H groups in total. The van der Waals surface area contributed by atoms with E-state index in [4.69, 9.17) is 21.5 Å². The zero-order chi connectivity index (χ0) is 11.8. The molecule has 1 aromatic heterocycles. The Morgan fingerprint density at radius 1 is 1.53 bits per heavy atom. The molecule has 0 fully saturated rings. The van der Waals surface area contributed by atoms with Gasteiger partial charge in [0, 0.05) is 10.7 Å². The van der Waals surface area contributed by atoms with E-state index in [1.165, 1.54) is 0 Å². The Labute approximate surface area is 87.9 Å². The Morgan fingerprint density at radius 2 is 2.07 bits per heavy atom. The van der Waals surface area contributed by atoms with Crippen molar-refractivity contribution in [3.8, 4) is 5.75 Å². The smallest absolute Gasteiger partial charge is 0.282 e. The summed E-state index contributed by atoms with van der Waals surface area (Å²) in [7, 11) is 0.447. The standard InChI is InChI=1S/C6H5ClF2N2O3S/c7-15(13,14)6-4(12)2(10)1-3(11-6)5(8)9/h1,5,12H,(H2,10,11). The second-order valence-corrected chi connectivity index (χ2v) is 5.01. The van der Waals surface area contributed by atoms with Crippen LogP contribution in [0.2, 0.25) is 0 Å². The first kappa shape index (κ1) is 11.9. The number of nitrogen functional groups attached to an aromatic ring is 1. The molecule has 0 unspecified atom stereocenters. The Morgan fingerprint density at radius 3 is 2.47 bits per heavy atom. The Bertz CT molecular complexity index is 491. The van der Waals surface area contributed by atoms with Crippen molar-refractivity contribution < 1.29 is 22.3 Å². The van der Waals surface area contributed by atoms with Crippen LogP contribution in [0.15, 0.2) is 11.1 Å². The molecule has 0 spiro atoms. The van der Waals surface area contributed by atoms with E-state index in [1.807, 2.05) is 0 Å². The van der Waals surface area contributed by atoms with E-state index in [1.54, 1.807) is 0 Å². The predicted molar refractivity (Wildman–Crippen MR) is 48.3 cm³/mol. The van der Waals surface area contributed by atoms with Crippen LogP contribution in [-0.4, -0.2) is 18.5 Å². The summed E-state index contributed by atoms with van der Waals surface area (Å²) in [5.41, 5.74) is 3.71. The van der Waals surface area contributed by atoms with Gasteiger partial charge in [0.2, 0.25) is 5.03 Å². The van der Waals surface area contributed by atoms with Gasteiger partial charge in [-0.05, 0) is 6.07 Å². The van der Waals surface area contributed by atoms with E-state index < -0.39 is 37.6 Å². The molecule has 0 aromatic carbocycles. The van der Waals surface area contributed by atoms with Crippen molar-refractivity contribution in [3.63, 3.8) is 0 Å². The molecule has 0 aliphatic carbocycles. The van der Waals surface area contributed by atoms with Crippen molar-refractivity contribution in [2.24, 2.45) is 0 Å². The lowest BCUT2D eigenvalue weighted by Crippen LogP contribution is -2.03. The van der Waals surface area contributed by atoms with E-state index in [2.05, 4.69) is 4.98 Å². The van der Waals surface area contributed by atoms with Gasteiger partial charge >= 0.3 is 0 Å². The third kappa shape index (κ3) is 2.45. The van der Waals surface area contributed by atoms with Crippen molar-refractivity contribution >= 4 is 25.4 Å². The normalized spacial score (nSPS) is 12.0. The summed E-state index contributed by atoms with van der Waals surface area (Å²) in [5.74, 6) is -0.936. The number of hydrogen-bond acceptors (Lipinski definition) is 5. The maximum absolute atomic E-state index is 12.2. The highest BCUT2D eigenvalue weighted by molar-refractivity contribution is 8.13. The third-order valence-electron chi connectivity index (χ3n) is 1.46. The molecule has 1 heterocycles. The van der Waals surface area contributed by atoms with Gasteiger partial charge in [0.25, 0.3) is 15.5 Å². The molecule has 0 radical (unpaired) electrons. The lowest BCUT2D eigenvalue weighted by atomic mass is 10.3. The molecule has 0 amide bonds. The number of pyridine rings is 1. The highest BCUT2D eigenvalue weighted by atomic mass is 35.7. The van der Waals surface area contributed by atoms with Crippen LogP contribution in [-0.2, 0) is 9.05 Å². The van der Waals surface area contributed by atoms with Crippen LogP contribution in [0.25, 0.3) is 0 Å². The molecule has 0 aliphatic heterocycles. The number of aromatic nitrogens is 1. The zero-order valence-corrected chi connectivity index (χ0v) is 8.56. The van der Waals surface area contributed by atoms with Crippen molar-refractivity contribution in [1.82, 2.24) is 4.98 Å². The summed E-state index contributed by atoms with van der Waals surface area (Å²) < 4.78 is 46.1. The minimum absolute atomic E-state index is 0.528. The summed E-state index contributed by atoms with van der Waals surface area (Å²) in [6, 6.07) is 0.672. The minimum Gasteiger partial charge on any atom is -0.503 e. The molecule has 0 atom stereocenters. The van der Waals surface area contributed by atoms with Crippen LogP contribution >= 0.6 is 10.7 Å². The number of nitrogens with two attached hydrogens (primary N) is 1. The van der Waals surface area contributed by atoms with Crippen LogP contribution in [0, 0.1) is 0 Å². The third-order valence-corrected chi connectivity index (χ3v) is 2.65. The van der Waals surface area contributed by atoms with Crippen LogP contribution in [0.3, 0.4) is 0 Å². The summed E-state index contributed by atoms with van der Waals surface area (Å²) >= 11 is 0. The summed E-state index contributed by atoms with van der Waals surface area (Å²) in [5, 5.41) is 8.07. The van der Waals surface area contributed by atoms with Gasteiger partial charge in [0.05, 0.1) is 5.69 Å². The average Bonchev–Trinajstić information content (AvgIpc) is 2.06. The fraction of sp³-hybridized carbons (Fsp3) is 0.167. The molecule has 84 valence electrons. The molecular formula is C6H5ClF2N2O3S. The number of aromatic hydroxyl groups is 1. The molecule has 1 rings (SSSR count). The van der Waals surface area contributed by atoms with Gasteiger partial charge < -0.3 is 10.8 Å². The number of nitrogens with zero attached hydrogens (tertiary/aromatic N) is 1. The number of hydrogen-bond donors (Lipinski definition) is 2. The van der Waals surface area contributed by atoms with Gasteiger partial charge in [0.1, 0.15) is 5.69 Å². The quantitative estimate of drug-likeness (QED) is 0.779. The van der Waals surface area contributed by atoms with Gasteiger partial charge in [-0.3, -0.25) is 0 Å². The molecule has 0 saturated carbocycles. The van der Waals surface area contributed by atoms with E-state index in [9.17, 15) is 17.2 Å². The lowest BCUT2D eigenvalue weighted by Gasteiger charge is -2.06. The summed E-state index contributed by atoms with van der Waals surface area (Å²) in [6.45, 7) is 0. The van der Waals surface area contributed by atoms with E-state index in [-0.39, 0.29) is 0 Å². The molecule has 15 heavy (non-hydrogen) atoms. The molecule has 0 aliphatic rings. The fourth-order valence-electron chi connectivity index (χ4n) is 0.835. The van der Waals surface area contributed by atoms with Crippen molar-refractivity contribution in [1.29, 1.82) is 0 Å². The highest BCUT2D eigenvalue weighted by Crippen LogP contribution is 2.32. The van der Waals surface area contributed by atoms with Crippen LogP contribution < -0.4 is 5.73 Å². The molecule has 0 saturated heterocycles. The Kier molecular flexibility index (Phi) is 3.00. The van der Waals surface area contributed by atoms with Gasteiger partial charge in [0.15, 0.2) is 5.75 Å². The highest BCUT2D eigenvalue weighted by Gasteiger charge is 2.23. The molecule has 1 aromatic rings. The summed E-state index contributed by atoms with van der Waals surface area (Å²) in [4.78, 5) is 3.00. The van der Waals surface area contributed by atoms with Crippen molar-refractivity contribution in [2.45, 2.75) is 11.5 Å². The largest absolute Gasteiger partial charge is 0.503 e. The Hall–Kier alpha value is -1.15. The van der Waals surface area contributed by atoms with Crippen LogP contribution in [0.4, 0.5) is 14.5 Å². The zero-order valence-electron chi connectivity index (χ0n) is 6.99. The van der Waals surface area contributed by atoms with E-state index >= 15 is 0 Å². The van der Waals surface area contributed by atoms with Gasteiger partial charge in [-0.2, -0.15) is 0 Å². The van der Waals surface area contributed by atoms with E-state index in [0.29, 0.717) is 6.07 Å². The van der Waals surface area contributed by atoms with Crippen LogP contribution in [0.1, 0.15) is 12.1 Å². The minimum atomic E-state index is -4.41.